The first-order valence-electron chi connectivity index (χ1n) is 12.1. The Kier molecular flexibility index (Phi) is 16.2. The van der Waals surface area contributed by atoms with Gasteiger partial charge in [0.1, 0.15) is 0 Å². The second kappa shape index (κ2) is 15.6. The number of hydrogen-bond donors (Lipinski definition) is 0. The maximum atomic E-state index is 4.89. The predicted molar refractivity (Wildman–Crippen MR) is 166 cm³/mol. The summed E-state index contributed by atoms with van der Waals surface area (Å²) < 4.78 is 9.78. The van der Waals surface area contributed by atoms with E-state index >= 15 is 0 Å². The molecule has 0 aliphatic carbocycles. The Labute approximate surface area is 245 Å². The van der Waals surface area contributed by atoms with Gasteiger partial charge in [-0.2, -0.15) is 0 Å². The van der Waals surface area contributed by atoms with Gasteiger partial charge in [-0.3, -0.25) is 0 Å². The van der Waals surface area contributed by atoms with Crippen molar-refractivity contribution in [2.45, 2.75) is 78.6 Å². The van der Waals surface area contributed by atoms with Crippen LogP contribution in [0.25, 0.3) is 9.96 Å². The van der Waals surface area contributed by atoms with E-state index in [2.05, 4.69) is 127 Å². The zero-order valence-corrected chi connectivity index (χ0v) is 30.2. The molecular weight excluding hydrogens is 598 g/mol. The van der Waals surface area contributed by atoms with Crippen molar-refractivity contribution in [3.05, 3.63) is 81.8 Å². The number of hydrogen-bond acceptors (Lipinski definition) is 2. The number of rotatable bonds is 6. The number of amidine groups is 2. The van der Waals surface area contributed by atoms with Crippen LogP contribution >= 0.6 is 0 Å². The second-order valence-electron chi connectivity index (χ2n) is 12.5. The fraction of sp³-hybridized carbons (Fsp3) is 0.462. The van der Waals surface area contributed by atoms with E-state index in [1.54, 1.807) is 0 Å². The van der Waals surface area contributed by atoms with Gasteiger partial charge in [-0.25, -0.2) is 0 Å². The van der Waals surface area contributed by atoms with Crippen molar-refractivity contribution < 1.29 is 33.0 Å². The SMILES string of the molecule is C[Si](C)(C)/N=C(/[N-][Si](C)(C)C)c1ccccc1.C[Si](C)(C)/N=C(/[N-][Si](C)(C)C)c1ccccc1.[Ni].[Ni]. The predicted octanol–water partition coefficient (Wildman–Crippen LogP) is 8.95. The number of nitrogens with zero attached hydrogens (tertiary/aromatic N) is 4. The summed E-state index contributed by atoms with van der Waals surface area (Å²) in [5.74, 6) is 1.92. The van der Waals surface area contributed by atoms with Crippen LogP contribution in [0.2, 0.25) is 78.6 Å². The molecule has 36 heavy (non-hydrogen) atoms. The third-order valence-corrected chi connectivity index (χ3v) is 7.36. The van der Waals surface area contributed by atoms with Gasteiger partial charge >= 0.3 is 0 Å². The van der Waals surface area contributed by atoms with E-state index in [1.165, 1.54) is 0 Å². The van der Waals surface area contributed by atoms with Crippen molar-refractivity contribution in [3.8, 4) is 0 Å². The van der Waals surface area contributed by atoms with Crippen LogP contribution in [0, 0.1) is 0 Å². The van der Waals surface area contributed by atoms with Crippen molar-refractivity contribution >= 4 is 44.6 Å². The van der Waals surface area contributed by atoms with Crippen LogP contribution in [0.15, 0.2) is 70.0 Å². The summed E-state index contributed by atoms with van der Waals surface area (Å²) in [6, 6.07) is 20.7. The van der Waals surface area contributed by atoms with Crippen molar-refractivity contribution in [1.82, 2.24) is 0 Å². The molecule has 0 N–H and O–H groups in total. The van der Waals surface area contributed by atoms with Gasteiger partial charge in [-0.15, -0.1) is 0 Å². The molecule has 0 aliphatic rings. The molecule has 2 aromatic rings. The van der Waals surface area contributed by atoms with Gasteiger partial charge in [0.05, 0.1) is 0 Å². The van der Waals surface area contributed by atoms with Crippen molar-refractivity contribution in [1.29, 1.82) is 0 Å². The summed E-state index contributed by atoms with van der Waals surface area (Å²) in [6.45, 7) is 26.9. The molecule has 2 aromatic carbocycles. The second-order valence-corrected chi connectivity index (χ2v) is 30.8. The fourth-order valence-electron chi connectivity index (χ4n) is 2.75. The first kappa shape index (κ1) is 37.4. The summed E-state index contributed by atoms with van der Waals surface area (Å²) in [7, 11) is -5.95. The van der Waals surface area contributed by atoms with E-state index < -0.39 is 32.9 Å². The van der Waals surface area contributed by atoms with Gasteiger partial charge in [0.15, 0.2) is 0 Å². The van der Waals surface area contributed by atoms with Crippen molar-refractivity contribution in [3.63, 3.8) is 0 Å². The first-order valence-corrected chi connectivity index (χ1v) is 25.9. The van der Waals surface area contributed by atoms with Gasteiger partial charge in [-0.05, 0) is 11.1 Å². The molecule has 0 radical (unpaired) electrons. The Balaban J connectivity index is 0. The van der Waals surface area contributed by atoms with Gasteiger partial charge in [0, 0.05) is 65.9 Å². The van der Waals surface area contributed by atoms with Crippen molar-refractivity contribution in [2.75, 3.05) is 0 Å². The van der Waals surface area contributed by atoms with Crippen LogP contribution in [-0.2, 0) is 33.0 Å². The molecule has 0 spiro atoms. The third kappa shape index (κ3) is 18.5. The molecule has 0 amide bonds. The van der Waals surface area contributed by atoms with Gasteiger partial charge in [0.25, 0.3) is 0 Å². The van der Waals surface area contributed by atoms with Gasteiger partial charge in [-0.1, -0.05) is 151 Å². The van der Waals surface area contributed by atoms with E-state index in [0.717, 1.165) is 22.8 Å². The topological polar surface area (TPSA) is 52.9 Å². The maximum absolute atomic E-state index is 4.89. The van der Waals surface area contributed by atoms with Gasteiger partial charge < -0.3 is 19.3 Å². The summed E-state index contributed by atoms with van der Waals surface area (Å²) in [5.41, 5.74) is 2.30. The largest absolute Gasteiger partial charge is 0.472 e. The molecule has 0 atom stereocenters. The Morgan fingerprint density at radius 3 is 0.917 bits per heavy atom. The van der Waals surface area contributed by atoms with E-state index in [-0.39, 0.29) is 33.0 Å². The Morgan fingerprint density at radius 1 is 0.472 bits per heavy atom. The molecule has 0 aromatic heterocycles. The number of benzene rings is 2. The molecule has 0 heterocycles. The molecule has 0 saturated heterocycles. The summed E-state index contributed by atoms with van der Waals surface area (Å²) in [5, 5.41) is 0. The van der Waals surface area contributed by atoms with E-state index in [1.807, 2.05) is 12.1 Å². The standard InChI is InChI=1S/2C13H23N2Si2.2Ni/c2*1-16(2,3)14-13(15-17(4,5)6)12-10-8-7-9-11-12;;/h2*7-11H,1-6H3;;/q2*-1;;. The van der Waals surface area contributed by atoms with Crippen LogP contribution < -0.4 is 0 Å². The molecular formula is C26H46N4Ni2Si4-2. The molecule has 10 heteroatoms. The van der Waals surface area contributed by atoms with Crippen LogP contribution in [0.1, 0.15) is 11.1 Å². The molecule has 208 valence electrons. The maximum Gasteiger partial charge on any atom is 0.0438 e. The quantitative estimate of drug-likeness (QED) is 0.171. The third-order valence-electron chi connectivity index (χ3n) is 3.83. The summed E-state index contributed by atoms with van der Waals surface area (Å²) >= 11 is 0. The minimum atomic E-state index is -1.49. The first-order chi connectivity index (χ1) is 15.3. The average Bonchev–Trinajstić information content (AvgIpc) is 2.64. The smallest absolute Gasteiger partial charge is 0.0438 e. The van der Waals surface area contributed by atoms with E-state index in [0.29, 0.717) is 0 Å². The average molecular weight is 644 g/mol. The fourth-order valence-corrected chi connectivity index (χ4v) is 6.21. The Hall–Kier alpha value is -0.765. The Morgan fingerprint density at radius 2 is 0.722 bits per heavy atom. The zero-order chi connectivity index (χ0) is 26.2. The van der Waals surface area contributed by atoms with Crippen LogP contribution in [0.4, 0.5) is 0 Å². The van der Waals surface area contributed by atoms with Crippen LogP contribution in [-0.4, -0.2) is 44.6 Å². The van der Waals surface area contributed by atoms with E-state index in [9.17, 15) is 0 Å². The normalized spacial score (nSPS) is 12.9. The molecule has 0 unspecified atom stereocenters. The molecule has 0 bridgehead atoms. The van der Waals surface area contributed by atoms with Crippen LogP contribution in [0.5, 0.6) is 0 Å². The Bertz CT molecular complexity index is 863. The minimum absolute atomic E-state index is 0. The molecule has 0 aliphatic heterocycles. The van der Waals surface area contributed by atoms with Gasteiger partial charge in [0.2, 0.25) is 0 Å². The minimum Gasteiger partial charge on any atom is -0.472 e. The molecule has 4 nitrogen and oxygen atoms in total. The summed E-state index contributed by atoms with van der Waals surface area (Å²) in [6.07, 6.45) is 0. The monoisotopic (exact) mass is 642 g/mol. The molecule has 0 saturated carbocycles. The molecule has 0 fully saturated rings. The van der Waals surface area contributed by atoms with Crippen molar-refractivity contribution in [2.24, 2.45) is 9.32 Å². The summed E-state index contributed by atoms with van der Waals surface area (Å²) in [4.78, 5) is 9.78. The van der Waals surface area contributed by atoms with E-state index in [4.69, 9.17) is 19.3 Å². The molecule has 2 rings (SSSR count). The van der Waals surface area contributed by atoms with Crippen LogP contribution in [0.3, 0.4) is 0 Å². The zero-order valence-electron chi connectivity index (χ0n) is 24.2.